The quantitative estimate of drug-likeness (QED) is 0.790. The molecule has 1 aliphatic heterocycles. The molecule has 0 spiro atoms. The molecule has 1 aromatic heterocycles. The molecule has 0 radical (unpaired) electrons. The highest BCUT2D eigenvalue weighted by Crippen LogP contribution is 2.40. The van der Waals surface area contributed by atoms with E-state index in [2.05, 4.69) is 12.2 Å². The zero-order valence-electron chi connectivity index (χ0n) is 16.7. The number of nitrogens with one attached hydrogen (secondary N) is 1. The Balaban J connectivity index is 1.35. The molecule has 6 heteroatoms. The molecule has 2 N–H and O–H groups in total. The molecule has 1 saturated carbocycles. The van der Waals surface area contributed by atoms with Gasteiger partial charge >= 0.3 is 5.63 Å². The number of benzene rings is 1. The fraction of sp³-hybridized carbons (Fsp3) is 0.435. The minimum absolute atomic E-state index is 0.0103. The van der Waals surface area contributed by atoms with Gasteiger partial charge in [-0.1, -0.05) is 13.0 Å². The van der Waals surface area contributed by atoms with Gasteiger partial charge in [0.05, 0.1) is 0 Å². The molecule has 2 aromatic rings. The predicted octanol–water partition coefficient (Wildman–Crippen LogP) is 4.16. The number of phenolic OH excluding ortho intramolecular Hbond substituents is 1. The molecule has 1 aromatic carbocycles. The second-order valence-corrected chi connectivity index (χ2v) is 8.18. The molecule has 1 fully saturated rings. The van der Waals surface area contributed by atoms with E-state index < -0.39 is 5.82 Å². The molecule has 0 amide bonds. The maximum absolute atomic E-state index is 13.4. The van der Waals surface area contributed by atoms with Crippen molar-refractivity contribution in [3.05, 3.63) is 63.0 Å². The first-order valence-corrected chi connectivity index (χ1v) is 10.1. The Bertz CT molecular complexity index is 997. The van der Waals surface area contributed by atoms with Crippen LogP contribution in [0.25, 0.3) is 6.08 Å². The van der Waals surface area contributed by atoms with Crippen LogP contribution < -0.4 is 15.7 Å². The molecule has 1 aliphatic carbocycles. The van der Waals surface area contributed by atoms with Gasteiger partial charge in [0.2, 0.25) is 0 Å². The zero-order valence-corrected chi connectivity index (χ0v) is 16.7. The summed E-state index contributed by atoms with van der Waals surface area (Å²) in [6.07, 6.45) is 4.84. The van der Waals surface area contributed by atoms with Crippen molar-refractivity contribution in [1.82, 2.24) is 5.32 Å². The van der Waals surface area contributed by atoms with Crippen LogP contribution >= 0.6 is 0 Å². The zero-order chi connectivity index (χ0) is 20.5. The average molecular weight is 399 g/mol. The van der Waals surface area contributed by atoms with Gasteiger partial charge in [-0.15, -0.1) is 0 Å². The Morgan fingerprint density at radius 2 is 2.17 bits per heavy atom. The highest BCUT2D eigenvalue weighted by atomic mass is 19.1. The lowest BCUT2D eigenvalue weighted by Gasteiger charge is -2.37. The Labute approximate surface area is 169 Å². The summed E-state index contributed by atoms with van der Waals surface area (Å²) in [5.74, 6) is 1.20. The van der Waals surface area contributed by atoms with Crippen LogP contribution in [0, 0.1) is 24.6 Å². The van der Waals surface area contributed by atoms with Crippen molar-refractivity contribution in [2.45, 2.75) is 45.8 Å². The van der Waals surface area contributed by atoms with Gasteiger partial charge < -0.3 is 19.6 Å². The lowest BCUT2D eigenvalue weighted by atomic mass is 9.76. The van der Waals surface area contributed by atoms with Crippen LogP contribution in [-0.2, 0) is 6.54 Å². The van der Waals surface area contributed by atoms with Crippen LogP contribution in [0.3, 0.4) is 0 Å². The van der Waals surface area contributed by atoms with Gasteiger partial charge in [-0.05, 0) is 73.9 Å². The monoisotopic (exact) mass is 399 g/mol. The largest absolute Gasteiger partial charge is 0.505 e. The van der Waals surface area contributed by atoms with Gasteiger partial charge in [0, 0.05) is 12.6 Å². The molecule has 1 unspecified atom stereocenters. The molecule has 29 heavy (non-hydrogen) atoms. The summed E-state index contributed by atoms with van der Waals surface area (Å²) in [5.41, 5.74) is 2.17. The number of phenols is 1. The molecule has 3 atom stereocenters. The summed E-state index contributed by atoms with van der Waals surface area (Å²) in [6, 6.07) is 6.25. The first kappa shape index (κ1) is 19.7. The normalized spacial score (nSPS) is 21.6. The number of halogens is 1. The third-order valence-corrected chi connectivity index (χ3v) is 6.02. The summed E-state index contributed by atoms with van der Waals surface area (Å²) in [4.78, 5) is 12.1. The van der Waals surface area contributed by atoms with Crippen molar-refractivity contribution < 1.29 is 18.7 Å². The maximum atomic E-state index is 13.4. The molecule has 0 saturated heterocycles. The van der Waals surface area contributed by atoms with Crippen molar-refractivity contribution in [2.75, 3.05) is 6.54 Å². The Kier molecular flexibility index (Phi) is 5.46. The van der Waals surface area contributed by atoms with E-state index >= 15 is 0 Å². The Morgan fingerprint density at radius 3 is 2.97 bits per heavy atom. The van der Waals surface area contributed by atoms with Crippen LogP contribution in [0.15, 0.2) is 39.1 Å². The first-order valence-electron chi connectivity index (χ1n) is 10.1. The number of ether oxygens (including phenoxy) is 1. The third-order valence-electron chi connectivity index (χ3n) is 6.02. The van der Waals surface area contributed by atoms with E-state index in [9.17, 15) is 14.3 Å². The summed E-state index contributed by atoms with van der Waals surface area (Å²) in [7, 11) is 0. The SMILES string of the molecule is Cc1cc2c(c(=O)o1)C=C1CC[C@H](C(C)CNCc3ccc(O)c(F)c3)C[C@@H]1O2. The van der Waals surface area contributed by atoms with E-state index in [4.69, 9.17) is 9.15 Å². The highest BCUT2D eigenvalue weighted by molar-refractivity contribution is 5.62. The van der Waals surface area contributed by atoms with Crippen molar-refractivity contribution in [3.8, 4) is 11.5 Å². The molecule has 4 rings (SSSR count). The van der Waals surface area contributed by atoms with Gasteiger partial charge in [-0.25, -0.2) is 9.18 Å². The van der Waals surface area contributed by atoms with Gasteiger partial charge in [0.1, 0.15) is 23.2 Å². The molecular formula is C23H26FNO4. The van der Waals surface area contributed by atoms with Crippen molar-refractivity contribution >= 4 is 6.08 Å². The van der Waals surface area contributed by atoms with E-state index in [1.54, 1.807) is 19.1 Å². The Morgan fingerprint density at radius 1 is 1.34 bits per heavy atom. The fourth-order valence-electron chi connectivity index (χ4n) is 4.29. The lowest BCUT2D eigenvalue weighted by Crippen LogP contribution is -2.36. The van der Waals surface area contributed by atoms with E-state index in [-0.39, 0.29) is 17.5 Å². The van der Waals surface area contributed by atoms with E-state index in [0.29, 0.717) is 35.5 Å². The molecule has 5 nitrogen and oxygen atoms in total. The number of aryl methyl sites for hydroxylation is 1. The Hall–Kier alpha value is -2.60. The summed E-state index contributed by atoms with van der Waals surface area (Å²) in [6.45, 7) is 5.35. The van der Waals surface area contributed by atoms with Gasteiger partial charge in [0.25, 0.3) is 0 Å². The topological polar surface area (TPSA) is 71.7 Å². The van der Waals surface area contributed by atoms with Crippen molar-refractivity contribution in [1.29, 1.82) is 0 Å². The van der Waals surface area contributed by atoms with Gasteiger partial charge in [-0.2, -0.15) is 0 Å². The first-order chi connectivity index (χ1) is 13.9. The standard InChI is InChI=1S/C23H26FNO4/c1-13(11-25-12-15-3-6-20(26)19(24)8-15)16-4-5-17-9-18-22(29-21(17)10-16)7-14(2)28-23(18)27/h3,6-9,13,16,21,25-26H,4-5,10-12H2,1-2H3/t13?,16-,21-/m0/s1. The third kappa shape index (κ3) is 4.22. The van der Waals surface area contributed by atoms with E-state index in [1.807, 2.05) is 6.08 Å². The van der Waals surface area contributed by atoms with E-state index in [0.717, 1.165) is 31.4 Å². The summed E-state index contributed by atoms with van der Waals surface area (Å²) in [5, 5.41) is 12.7. The summed E-state index contributed by atoms with van der Waals surface area (Å²) >= 11 is 0. The van der Waals surface area contributed by atoms with Gasteiger partial charge in [0.15, 0.2) is 11.6 Å². The second kappa shape index (κ2) is 8.03. The second-order valence-electron chi connectivity index (χ2n) is 8.18. The predicted molar refractivity (Wildman–Crippen MR) is 108 cm³/mol. The molecule has 2 heterocycles. The van der Waals surface area contributed by atoms with Crippen molar-refractivity contribution in [3.63, 3.8) is 0 Å². The average Bonchev–Trinajstić information content (AvgIpc) is 2.69. The van der Waals surface area contributed by atoms with Crippen LogP contribution in [-0.4, -0.2) is 17.8 Å². The highest BCUT2D eigenvalue weighted by Gasteiger charge is 2.33. The minimum atomic E-state index is -0.594. The van der Waals surface area contributed by atoms with Gasteiger partial charge in [-0.3, -0.25) is 0 Å². The number of fused-ring (bicyclic) bond motifs is 2. The summed E-state index contributed by atoms with van der Waals surface area (Å²) < 4.78 is 24.8. The van der Waals surface area contributed by atoms with Crippen LogP contribution in [0.5, 0.6) is 11.5 Å². The number of rotatable bonds is 5. The number of hydrogen-bond donors (Lipinski definition) is 2. The number of aromatic hydroxyl groups is 1. The number of hydrogen-bond acceptors (Lipinski definition) is 5. The van der Waals surface area contributed by atoms with Crippen molar-refractivity contribution in [2.24, 2.45) is 11.8 Å². The molecule has 154 valence electrons. The molecule has 0 bridgehead atoms. The van der Waals surface area contributed by atoms with Crippen LogP contribution in [0.2, 0.25) is 0 Å². The minimum Gasteiger partial charge on any atom is -0.505 e. The molecular weight excluding hydrogens is 373 g/mol. The molecule has 2 aliphatic rings. The fourth-order valence-corrected chi connectivity index (χ4v) is 4.29. The smallest absolute Gasteiger partial charge is 0.346 e. The lowest BCUT2D eigenvalue weighted by molar-refractivity contribution is 0.140. The van der Waals surface area contributed by atoms with E-state index in [1.165, 1.54) is 17.7 Å². The maximum Gasteiger partial charge on any atom is 0.346 e. The van der Waals surface area contributed by atoms with Crippen LogP contribution in [0.4, 0.5) is 4.39 Å². The van der Waals surface area contributed by atoms with Crippen LogP contribution in [0.1, 0.15) is 43.1 Å².